The summed E-state index contributed by atoms with van der Waals surface area (Å²) in [4.78, 5) is 0. The molecule has 2 rings (SSSR count). The van der Waals surface area contributed by atoms with Crippen LogP contribution in [0.5, 0.6) is 5.75 Å². The summed E-state index contributed by atoms with van der Waals surface area (Å²) in [5.74, 6) is 0.794. The Labute approximate surface area is 100 Å². The second-order valence-electron chi connectivity index (χ2n) is 3.72. The fraction of sp³-hybridized carbons (Fsp3) is 0.0769. The monoisotopic (exact) mass is 228 g/mol. The zero-order valence-electron chi connectivity index (χ0n) is 9.28. The predicted octanol–water partition coefficient (Wildman–Crippen LogP) is 0.945. The van der Waals surface area contributed by atoms with Gasteiger partial charge in [-0.15, -0.1) is 0 Å². The highest BCUT2D eigenvalue weighted by Gasteiger charge is 2.10. The predicted molar refractivity (Wildman–Crippen MR) is 67.0 cm³/mol. The summed E-state index contributed by atoms with van der Waals surface area (Å²) < 4.78 is 5.56. The van der Waals surface area contributed by atoms with E-state index < -0.39 is 7.12 Å². The summed E-state index contributed by atoms with van der Waals surface area (Å²) >= 11 is 0. The van der Waals surface area contributed by atoms with E-state index in [2.05, 4.69) is 0 Å². The molecule has 0 aliphatic heterocycles. The molecule has 0 bridgehead atoms. The summed E-state index contributed by atoms with van der Waals surface area (Å²) in [5, 5.41) is 18.1. The van der Waals surface area contributed by atoms with Crippen molar-refractivity contribution in [2.75, 3.05) is 0 Å². The normalized spacial score (nSPS) is 10.0. The molecule has 4 heteroatoms. The highest BCUT2D eigenvalue weighted by atomic mass is 16.5. The molecular formula is C13H13BO3. The third-order valence-corrected chi connectivity index (χ3v) is 2.40. The van der Waals surface area contributed by atoms with Gasteiger partial charge in [0, 0.05) is 0 Å². The van der Waals surface area contributed by atoms with Gasteiger partial charge in [0.05, 0.1) is 0 Å². The Morgan fingerprint density at radius 1 is 0.941 bits per heavy atom. The molecule has 2 N–H and O–H groups in total. The van der Waals surface area contributed by atoms with Gasteiger partial charge in [0.1, 0.15) is 12.4 Å². The molecular weight excluding hydrogens is 215 g/mol. The number of rotatable bonds is 4. The summed E-state index contributed by atoms with van der Waals surface area (Å²) in [6, 6.07) is 16.5. The lowest BCUT2D eigenvalue weighted by Crippen LogP contribution is -2.29. The lowest BCUT2D eigenvalue weighted by atomic mass is 9.80. The van der Waals surface area contributed by atoms with Gasteiger partial charge < -0.3 is 14.8 Å². The smallest absolute Gasteiger partial charge is 0.488 e. The maximum Gasteiger partial charge on any atom is 0.488 e. The third kappa shape index (κ3) is 3.34. The van der Waals surface area contributed by atoms with Crippen LogP contribution < -0.4 is 10.2 Å². The zero-order chi connectivity index (χ0) is 12.1. The Balaban J connectivity index is 2.02. The minimum absolute atomic E-state index is 0.407. The second-order valence-corrected chi connectivity index (χ2v) is 3.72. The van der Waals surface area contributed by atoms with Gasteiger partial charge in [-0.1, -0.05) is 42.5 Å². The van der Waals surface area contributed by atoms with Crippen molar-refractivity contribution in [2.24, 2.45) is 0 Å². The standard InChI is InChI=1S/C13H13BO3/c15-14(16)12-6-4-5-11(9-12)10-17-13-7-2-1-3-8-13/h1-9,15-16H,10H2. The van der Waals surface area contributed by atoms with E-state index in [1.54, 1.807) is 18.2 Å². The van der Waals surface area contributed by atoms with E-state index in [1.165, 1.54) is 0 Å². The molecule has 2 aromatic rings. The van der Waals surface area contributed by atoms with Gasteiger partial charge in [-0.05, 0) is 23.2 Å². The Morgan fingerprint density at radius 3 is 2.41 bits per heavy atom. The molecule has 0 saturated carbocycles. The first kappa shape index (κ1) is 11.7. The minimum atomic E-state index is -1.44. The molecule has 86 valence electrons. The van der Waals surface area contributed by atoms with Crippen LogP contribution in [0, 0.1) is 0 Å². The average Bonchev–Trinajstić information content (AvgIpc) is 2.38. The summed E-state index contributed by atoms with van der Waals surface area (Å²) in [7, 11) is -1.44. The summed E-state index contributed by atoms with van der Waals surface area (Å²) in [6.45, 7) is 0.407. The van der Waals surface area contributed by atoms with Crippen LogP contribution in [0.4, 0.5) is 0 Å². The molecule has 0 aliphatic rings. The van der Waals surface area contributed by atoms with Crippen LogP contribution in [0.2, 0.25) is 0 Å². The van der Waals surface area contributed by atoms with E-state index in [0.717, 1.165) is 11.3 Å². The third-order valence-electron chi connectivity index (χ3n) is 2.40. The van der Waals surface area contributed by atoms with Crippen LogP contribution in [-0.2, 0) is 6.61 Å². The number of hydrogen-bond donors (Lipinski definition) is 2. The maximum atomic E-state index is 9.05. The van der Waals surface area contributed by atoms with E-state index in [0.29, 0.717) is 12.1 Å². The van der Waals surface area contributed by atoms with Crippen molar-refractivity contribution in [1.29, 1.82) is 0 Å². The van der Waals surface area contributed by atoms with Crippen LogP contribution in [0.15, 0.2) is 54.6 Å². The molecule has 3 nitrogen and oxygen atoms in total. The van der Waals surface area contributed by atoms with Crippen molar-refractivity contribution in [1.82, 2.24) is 0 Å². The van der Waals surface area contributed by atoms with Crippen LogP contribution in [0.25, 0.3) is 0 Å². The Kier molecular flexibility index (Phi) is 3.80. The SMILES string of the molecule is OB(O)c1cccc(COc2ccccc2)c1. The van der Waals surface area contributed by atoms with E-state index in [1.807, 2.05) is 36.4 Å². The molecule has 0 spiro atoms. The largest absolute Gasteiger partial charge is 0.489 e. The number of para-hydroxylation sites is 1. The van der Waals surface area contributed by atoms with Crippen molar-refractivity contribution in [3.63, 3.8) is 0 Å². The first-order valence-electron chi connectivity index (χ1n) is 5.38. The number of hydrogen-bond acceptors (Lipinski definition) is 3. The molecule has 0 heterocycles. The quantitative estimate of drug-likeness (QED) is 0.766. The average molecular weight is 228 g/mol. The topological polar surface area (TPSA) is 49.7 Å². The molecule has 0 atom stereocenters. The molecule has 0 radical (unpaired) electrons. The molecule has 0 saturated heterocycles. The first-order chi connectivity index (χ1) is 8.25. The lowest BCUT2D eigenvalue weighted by Gasteiger charge is -2.07. The van der Waals surface area contributed by atoms with E-state index >= 15 is 0 Å². The van der Waals surface area contributed by atoms with Crippen molar-refractivity contribution < 1.29 is 14.8 Å². The number of ether oxygens (including phenoxy) is 1. The van der Waals surface area contributed by atoms with Crippen molar-refractivity contribution in [3.8, 4) is 5.75 Å². The molecule has 0 amide bonds. The Morgan fingerprint density at radius 2 is 1.71 bits per heavy atom. The van der Waals surface area contributed by atoms with Crippen LogP contribution in [0.1, 0.15) is 5.56 Å². The minimum Gasteiger partial charge on any atom is -0.489 e. The Bertz CT molecular complexity index is 471. The van der Waals surface area contributed by atoms with Gasteiger partial charge in [0.15, 0.2) is 0 Å². The van der Waals surface area contributed by atoms with E-state index in [9.17, 15) is 0 Å². The van der Waals surface area contributed by atoms with Crippen LogP contribution >= 0.6 is 0 Å². The van der Waals surface area contributed by atoms with Gasteiger partial charge >= 0.3 is 7.12 Å². The van der Waals surface area contributed by atoms with Gasteiger partial charge in [-0.25, -0.2) is 0 Å². The second kappa shape index (κ2) is 5.52. The highest BCUT2D eigenvalue weighted by Crippen LogP contribution is 2.10. The van der Waals surface area contributed by atoms with Crippen molar-refractivity contribution in [2.45, 2.75) is 6.61 Å². The van der Waals surface area contributed by atoms with Gasteiger partial charge in [-0.2, -0.15) is 0 Å². The van der Waals surface area contributed by atoms with Crippen molar-refractivity contribution >= 4 is 12.6 Å². The first-order valence-corrected chi connectivity index (χ1v) is 5.38. The summed E-state index contributed by atoms with van der Waals surface area (Å²) in [6.07, 6.45) is 0. The van der Waals surface area contributed by atoms with E-state index in [4.69, 9.17) is 14.8 Å². The Hall–Kier alpha value is -1.78. The molecule has 0 fully saturated rings. The highest BCUT2D eigenvalue weighted by molar-refractivity contribution is 6.58. The maximum absolute atomic E-state index is 9.05. The van der Waals surface area contributed by atoms with Crippen LogP contribution in [-0.4, -0.2) is 17.2 Å². The molecule has 0 aromatic heterocycles. The molecule has 0 unspecified atom stereocenters. The molecule has 2 aromatic carbocycles. The van der Waals surface area contributed by atoms with E-state index in [-0.39, 0.29) is 0 Å². The molecule has 0 aliphatic carbocycles. The van der Waals surface area contributed by atoms with Gasteiger partial charge in [0.2, 0.25) is 0 Å². The van der Waals surface area contributed by atoms with Crippen molar-refractivity contribution in [3.05, 3.63) is 60.2 Å². The lowest BCUT2D eigenvalue weighted by molar-refractivity contribution is 0.306. The van der Waals surface area contributed by atoms with Crippen LogP contribution in [0.3, 0.4) is 0 Å². The molecule has 17 heavy (non-hydrogen) atoms. The fourth-order valence-electron chi connectivity index (χ4n) is 1.53. The summed E-state index contributed by atoms with van der Waals surface area (Å²) in [5.41, 5.74) is 1.37. The van der Waals surface area contributed by atoms with Gasteiger partial charge in [0.25, 0.3) is 0 Å². The fourth-order valence-corrected chi connectivity index (χ4v) is 1.53. The van der Waals surface area contributed by atoms with Gasteiger partial charge in [-0.3, -0.25) is 0 Å². The zero-order valence-corrected chi connectivity index (χ0v) is 9.28. The number of benzene rings is 2.